The minimum atomic E-state index is -4.44. The first kappa shape index (κ1) is 19.1. The lowest BCUT2D eigenvalue weighted by Crippen LogP contribution is -2.00. The number of alkyl halides is 3. The van der Waals surface area contributed by atoms with Gasteiger partial charge in [-0.2, -0.15) is 18.2 Å². The Balaban J connectivity index is 1.72. The highest BCUT2D eigenvalue weighted by Crippen LogP contribution is 2.39. The van der Waals surface area contributed by atoms with Crippen molar-refractivity contribution in [2.24, 2.45) is 0 Å². The van der Waals surface area contributed by atoms with Crippen molar-refractivity contribution in [3.63, 3.8) is 0 Å². The standard InChI is InChI=1S/C18H12F5NO2S/c1-10-6-15(25-9-11-2-3-12(19)13(20)8-11)24-16(7-10)26-17-5-4-14(27-17)18(21,22)23/h2-8H,9H2,1H3. The molecular formula is C18H12F5NO2S. The van der Waals surface area contributed by atoms with Crippen molar-refractivity contribution in [3.8, 4) is 16.8 Å². The smallest absolute Gasteiger partial charge is 0.425 e. The van der Waals surface area contributed by atoms with E-state index < -0.39 is 22.7 Å². The predicted molar refractivity (Wildman–Crippen MR) is 89.1 cm³/mol. The molecule has 0 spiro atoms. The van der Waals surface area contributed by atoms with Crippen LogP contribution in [0.2, 0.25) is 0 Å². The summed E-state index contributed by atoms with van der Waals surface area (Å²) in [5.74, 6) is -1.75. The molecule has 0 unspecified atom stereocenters. The van der Waals surface area contributed by atoms with E-state index in [9.17, 15) is 22.0 Å². The summed E-state index contributed by atoms with van der Waals surface area (Å²) < 4.78 is 74.9. The fourth-order valence-corrected chi connectivity index (χ4v) is 2.88. The molecule has 0 amide bonds. The summed E-state index contributed by atoms with van der Waals surface area (Å²) in [5, 5.41) is 0.0342. The summed E-state index contributed by atoms with van der Waals surface area (Å²) in [6, 6.07) is 8.62. The Bertz CT molecular complexity index is 955. The molecule has 3 rings (SSSR count). The number of pyridine rings is 1. The zero-order chi connectivity index (χ0) is 19.6. The SMILES string of the molecule is Cc1cc(OCc2ccc(F)c(F)c2)nc(Oc2ccc(C(F)(F)F)s2)c1. The van der Waals surface area contributed by atoms with Crippen molar-refractivity contribution in [3.05, 3.63) is 70.1 Å². The Hall–Kier alpha value is -2.68. The van der Waals surface area contributed by atoms with Gasteiger partial charge in [-0.25, -0.2) is 8.78 Å². The fraction of sp³-hybridized carbons (Fsp3) is 0.167. The Kier molecular flexibility index (Phi) is 5.31. The third-order valence-corrected chi connectivity index (χ3v) is 4.37. The van der Waals surface area contributed by atoms with E-state index in [0.29, 0.717) is 22.5 Å². The summed E-state index contributed by atoms with van der Waals surface area (Å²) in [6.07, 6.45) is -4.44. The molecule has 0 N–H and O–H groups in total. The van der Waals surface area contributed by atoms with Crippen LogP contribution in [0.15, 0.2) is 42.5 Å². The maximum atomic E-state index is 13.2. The maximum Gasteiger partial charge on any atom is 0.425 e. The third-order valence-electron chi connectivity index (χ3n) is 3.36. The number of benzene rings is 1. The molecule has 1 aromatic carbocycles. The minimum Gasteiger partial charge on any atom is -0.473 e. The van der Waals surface area contributed by atoms with Gasteiger partial charge in [0.15, 0.2) is 16.7 Å². The summed E-state index contributed by atoms with van der Waals surface area (Å²) in [5.41, 5.74) is 1.10. The van der Waals surface area contributed by atoms with Gasteiger partial charge in [0.1, 0.15) is 11.5 Å². The fourth-order valence-electron chi connectivity index (χ4n) is 2.15. The zero-order valence-corrected chi connectivity index (χ0v) is 14.6. The van der Waals surface area contributed by atoms with Gasteiger partial charge in [-0.15, -0.1) is 0 Å². The Morgan fingerprint density at radius 2 is 1.70 bits per heavy atom. The van der Waals surface area contributed by atoms with Crippen molar-refractivity contribution in [1.82, 2.24) is 4.98 Å². The first-order valence-corrected chi connectivity index (χ1v) is 8.42. The van der Waals surface area contributed by atoms with Crippen LogP contribution in [0.5, 0.6) is 16.8 Å². The van der Waals surface area contributed by atoms with Crippen LogP contribution in [0.4, 0.5) is 22.0 Å². The lowest BCUT2D eigenvalue weighted by Gasteiger charge is -2.09. The first-order chi connectivity index (χ1) is 12.7. The highest BCUT2D eigenvalue weighted by Gasteiger charge is 2.32. The quantitative estimate of drug-likeness (QED) is 0.483. The normalized spacial score (nSPS) is 11.5. The van der Waals surface area contributed by atoms with E-state index >= 15 is 0 Å². The van der Waals surface area contributed by atoms with Crippen LogP contribution in [0.3, 0.4) is 0 Å². The molecule has 27 heavy (non-hydrogen) atoms. The van der Waals surface area contributed by atoms with Crippen LogP contribution < -0.4 is 9.47 Å². The molecule has 3 aromatic rings. The molecule has 0 atom stereocenters. The molecule has 0 radical (unpaired) electrons. The molecule has 0 bridgehead atoms. The van der Waals surface area contributed by atoms with Gasteiger partial charge >= 0.3 is 6.18 Å². The van der Waals surface area contributed by atoms with E-state index in [1.54, 1.807) is 13.0 Å². The van der Waals surface area contributed by atoms with Gasteiger partial charge in [0.2, 0.25) is 11.8 Å². The molecule has 0 aliphatic carbocycles. The van der Waals surface area contributed by atoms with Crippen molar-refractivity contribution >= 4 is 11.3 Å². The minimum absolute atomic E-state index is 0.0342. The topological polar surface area (TPSA) is 31.4 Å². The molecule has 0 saturated heterocycles. The van der Waals surface area contributed by atoms with E-state index in [4.69, 9.17) is 9.47 Å². The van der Waals surface area contributed by atoms with Gasteiger partial charge in [0.25, 0.3) is 0 Å². The second kappa shape index (κ2) is 7.51. The predicted octanol–water partition coefficient (Wildman–Crippen LogP) is 6.12. The molecule has 0 aliphatic rings. The van der Waals surface area contributed by atoms with Crippen LogP contribution in [0.1, 0.15) is 16.0 Å². The van der Waals surface area contributed by atoms with Gasteiger partial charge in [-0.3, -0.25) is 0 Å². The molecule has 142 valence electrons. The van der Waals surface area contributed by atoms with Crippen molar-refractivity contribution in [2.75, 3.05) is 0 Å². The molecule has 9 heteroatoms. The molecule has 0 aliphatic heterocycles. The van der Waals surface area contributed by atoms with Gasteiger partial charge < -0.3 is 9.47 Å². The Morgan fingerprint density at radius 3 is 2.37 bits per heavy atom. The van der Waals surface area contributed by atoms with Crippen LogP contribution in [-0.2, 0) is 12.8 Å². The van der Waals surface area contributed by atoms with E-state index in [0.717, 1.165) is 18.2 Å². The number of aryl methyl sites for hydroxylation is 1. The van der Waals surface area contributed by atoms with Crippen molar-refractivity contribution in [2.45, 2.75) is 19.7 Å². The Morgan fingerprint density at radius 1 is 0.963 bits per heavy atom. The Labute approximate surface area is 155 Å². The van der Waals surface area contributed by atoms with Gasteiger partial charge in [0, 0.05) is 12.1 Å². The lowest BCUT2D eigenvalue weighted by atomic mass is 10.2. The largest absolute Gasteiger partial charge is 0.473 e. The molecule has 3 nitrogen and oxygen atoms in total. The summed E-state index contributed by atoms with van der Waals surface area (Å²) >= 11 is 0.454. The van der Waals surface area contributed by atoms with Crippen LogP contribution in [0.25, 0.3) is 0 Å². The van der Waals surface area contributed by atoms with E-state index in [-0.39, 0.29) is 23.4 Å². The summed E-state index contributed by atoms with van der Waals surface area (Å²) in [7, 11) is 0. The number of hydrogen-bond acceptors (Lipinski definition) is 4. The number of aromatic nitrogens is 1. The average molecular weight is 401 g/mol. The van der Waals surface area contributed by atoms with Crippen LogP contribution >= 0.6 is 11.3 Å². The second-order valence-electron chi connectivity index (χ2n) is 5.58. The molecule has 0 fully saturated rings. The van der Waals surface area contributed by atoms with Gasteiger partial charge in [0.05, 0.1) is 0 Å². The van der Waals surface area contributed by atoms with E-state index in [1.165, 1.54) is 18.2 Å². The number of hydrogen-bond donors (Lipinski definition) is 0. The molecule has 2 heterocycles. The van der Waals surface area contributed by atoms with Crippen molar-refractivity contribution < 1.29 is 31.4 Å². The maximum absolute atomic E-state index is 13.2. The number of rotatable bonds is 5. The van der Waals surface area contributed by atoms with E-state index in [1.807, 2.05) is 0 Å². The average Bonchev–Trinajstić information content (AvgIpc) is 3.04. The highest BCUT2D eigenvalue weighted by atomic mass is 32.1. The number of nitrogens with zero attached hydrogens (tertiary/aromatic N) is 1. The third kappa shape index (κ3) is 4.94. The van der Waals surface area contributed by atoms with E-state index in [2.05, 4.69) is 4.98 Å². The van der Waals surface area contributed by atoms with Crippen molar-refractivity contribution in [1.29, 1.82) is 0 Å². The number of halogens is 5. The zero-order valence-electron chi connectivity index (χ0n) is 13.8. The molecular weight excluding hydrogens is 389 g/mol. The lowest BCUT2D eigenvalue weighted by molar-refractivity contribution is -0.134. The molecule has 2 aromatic heterocycles. The number of thiophene rings is 1. The van der Waals surface area contributed by atoms with Crippen LogP contribution in [0, 0.1) is 18.6 Å². The first-order valence-electron chi connectivity index (χ1n) is 7.61. The number of ether oxygens (including phenoxy) is 2. The monoisotopic (exact) mass is 401 g/mol. The molecule has 0 saturated carbocycles. The summed E-state index contributed by atoms with van der Waals surface area (Å²) in [4.78, 5) is 3.29. The van der Waals surface area contributed by atoms with Crippen LogP contribution in [-0.4, -0.2) is 4.98 Å². The summed E-state index contributed by atoms with van der Waals surface area (Å²) in [6.45, 7) is 1.67. The van der Waals surface area contributed by atoms with Gasteiger partial charge in [-0.1, -0.05) is 17.4 Å². The highest BCUT2D eigenvalue weighted by molar-refractivity contribution is 7.13. The second-order valence-corrected chi connectivity index (χ2v) is 6.62. The van der Waals surface area contributed by atoms with Gasteiger partial charge in [-0.05, 0) is 42.3 Å².